The topological polar surface area (TPSA) is 55.6 Å². The Morgan fingerprint density at radius 3 is 2.95 bits per heavy atom. The zero-order valence-electron chi connectivity index (χ0n) is 11.2. The van der Waals surface area contributed by atoms with Gasteiger partial charge in [-0.1, -0.05) is 6.07 Å². The molecule has 0 radical (unpaired) electrons. The number of ether oxygens (including phenoxy) is 1. The minimum absolute atomic E-state index is 0.179. The number of benzene rings is 1. The molecule has 4 nitrogen and oxygen atoms in total. The van der Waals surface area contributed by atoms with Crippen LogP contribution in [0.15, 0.2) is 24.3 Å². The molecular formula is C14H19FN2O2. The van der Waals surface area contributed by atoms with Crippen LogP contribution in [0.1, 0.15) is 24.2 Å². The SMILES string of the molecule is CC1(C)CN(C(=O)c2cccc(F)c2)CC(CN)O1. The van der Waals surface area contributed by atoms with E-state index in [1.165, 1.54) is 18.2 Å². The standard InChI is InChI=1S/C14H19FN2O2/c1-14(2)9-17(8-12(7-16)19-14)13(18)10-4-3-5-11(15)6-10/h3-6,12H,7-9,16H2,1-2H3. The van der Waals surface area contributed by atoms with Gasteiger partial charge < -0.3 is 15.4 Å². The Bertz CT molecular complexity index is 476. The van der Waals surface area contributed by atoms with Crippen molar-refractivity contribution in [2.24, 2.45) is 5.73 Å². The molecule has 1 aliphatic rings. The molecule has 104 valence electrons. The Morgan fingerprint density at radius 1 is 1.58 bits per heavy atom. The maximum atomic E-state index is 13.2. The highest BCUT2D eigenvalue weighted by molar-refractivity contribution is 5.94. The Balaban J connectivity index is 2.18. The van der Waals surface area contributed by atoms with Crippen molar-refractivity contribution < 1.29 is 13.9 Å². The summed E-state index contributed by atoms with van der Waals surface area (Å²) in [6.45, 7) is 5.10. The fraction of sp³-hybridized carbons (Fsp3) is 0.500. The van der Waals surface area contributed by atoms with Crippen LogP contribution in [0.4, 0.5) is 4.39 Å². The van der Waals surface area contributed by atoms with Crippen LogP contribution < -0.4 is 5.73 Å². The minimum Gasteiger partial charge on any atom is -0.367 e. The van der Waals surface area contributed by atoms with Gasteiger partial charge in [0.25, 0.3) is 5.91 Å². The lowest BCUT2D eigenvalue weighted by atomic mass is 10.0. The highest BCUT2D eigenvalue weighted by Gasteiger charge is 2.35. The van der Waals surface area contributed by atoms with E-state index < -0.39 is 11.4 Å². The largest absolute Gasteiger partial charge is 0.367 e. The third kappa shape index (κ3) is 3.30. The highest BCUT2D eigenvalue weighted by Crippen LogP contribution is 2.22. The predicted octanol–water partition coefficient (Wildman–Crippen LogP) is 1.40. The molecule has 1 unspecified atom stereocenters. The molecule has 1 saturated heterocycles. The molecule has 0 saturated carbocycles. The van der Waals surface area contributed by atoms with E-state index in [2.05, 4.69) is 0 Å². The Hall–Kier alpha value is -1.46. The highest BCUT2D eigenvalue weighted by atomic mass is 19.1. The number of nitrogens with two attached hydrogens (primary N) is 1. The molecule has 19 heavy (non-hydrogen) atoms. The van der Waals surface area contributed by atoms with Crippen LogP contribution in [0.25, 0.3) is 0 Å². The lowest BCUT2D eigenvalue weighted by Gasteiger charge is -2.42. The van der Waals surface area contributed by atoms with Crippen molar-refractivity contribution in [1.29, 1.82) is 0 Å². The second-order valence-electron chi connectivity index (χ2n) is 5.43. The molecule has 5 heteroatoms. The van der Waals surface area contributed by atoms with E-state index in [1.807, 2.05) is 13.8 Å². The number of carbonyl (C=O) groups is 1. The van der Waals surface area contributed by atoms with Gasteiger partial charge in [-0.25, -0.2) is 4.39 Å². The second-order valence-corrected chi connectivity index (χ2v) is 5.43. The number of morpholine rings is 1. The van der Waals surface area contributed by atoms with Gasteiger partial charge in [0, 0.05) is 25.2 Å². The van der Waals surface area contributed by atoms with Gasteiger partial charge in [0.15, 0.2) is 0 Å². The van der Waals surface area contributed by atoms with Crippen molar-refractivity contribution >= 4 is 5.91 Å². The maximum absolute atomic E-state index is 13.2. The summed E-state index contributed by atoms with van der Waals surface area (Å²) >= 11 is 0. The average Bonchev–Trinajstić information content (AvgIpc) is 2.36. The van der Waals surface area contributed by atoms with Gasteiger partial charge in [-0.3, -0.25) is 4.79 Å². The number of halogens is 1. The average molecular weight is 266 g/mol. The van der Waals surface area contributed by atoms with Crippen LogP contribution >= 0.6 is 0 Å². The van der Waals surface area contributed by atoms with Gasteiger partial charge in [0.05, 0.1) is 11.7 Å². The first-order valence-electron chi connectivity index (χ1n) is 6.34. The van der Waals surface area contributed by atoms with E-state index in [-0.39, 0.29) is 12.0 Å². The van der Waals surface area contributed by atoms with Gasteiger partial charge in [-0.15, -0.1) is 0 Å². The van der Waals surface area contributed by atoms with E-state index >= 15 is 0 Å². The van der Waals surface area contributed by atoms with Gasteiger partial charge in [-0.2, -0.15) is 0 Å². The number of amides is 1. The normalized spacial score (nSPS) is 22.3. The van der Waals surface area contributed by atoms with Crippen LogP contribution in [-0.2, 0) is 4.74 Å². The number of nitrogens with zero attached hydrogens (tertiary/aromatic N) is 1. The van der Waals surface area contributed by atoms with Crippen LogP contribution in [0.5, 0.6) is 0 Å². The quantitative estimate of drug-likeness (QED) is 0.880. The van der Waals surface area contributed by atoms with Crippen LogP contribution in [0.2, 0.25) is 0 Å². The molecule has 1 aliphatic heterocycles. The van der Waals surface area contributed by atoms with Crippen molar-refractivity contribution in [3.63, 3.8) is 0 Å². The summed E-state index contributed by atoms with van der Waals surface area (Å²) in [6.07, 6.45) is -0.179. The first kappa shape index (κ1) is 14.0. The van der Waals surface area contributed by atoms with Crippen molar-refractivity contribution in [2.75, 3.05) is 19.6 Å². The lowest BCUT2D eigenvalue weighted by molar-refractivity contribution is -0.122. The van der Waals surface area contributed by atoms with E-state index in [0.717, 1.165) is 0 Å². The van der Waals surface area contributed by atoms with Crippen LogP contribution in [0, 0.1) is 5.82 Å². The van der Waals surface area contributed by atoms with Gasteiger partial charge in [0.2, 0.25) is 0 Å². The molecule has 0 aromatic heterocycles. The van der Waals surface area contributed by atoms with Crippen molar-refractivity contribution in [1.82, 2.24) is 4.90 Å². The number of hydrogen-bond acceptors (Lipinski definition) is 3. The summed E-state index contributed by atoms with van der Waals surface area (Å²) < 4.78 is 18.9. The third-order valence-electron chi connectivity index (χ3n) is 3.10. The summed E-state index contributed by atoms with van der Waals surface area (Å²) in [5.74, 6) is -0.594. The van der Waals surface area contributed by atoms with Crippen LogP contribution in [0.3, 0.4) is 0 Å². The molecule has 2 rings (SSSR count). The number of carbonyl (C=O) groups excluding carboxylic acids is 1. The lowest BCUT2D eigenvalue weighted by Crippen LogP contribution is -2.56. The molecule has 0 bridgehead atoms. The summed E-state index contributed by atoms with van der Waals surface area (Å²) in [7, 11) is 0. The van der Waals surface area contributed by atoms with Gasteiger partial charge in [-0.05, 0) is 32.0 Å². The summed E-state index contributed by atoms with van der Waals surface area (Å²) in [6, 6.07) is 5.73. The van der Waals surface area contributed by atoms with Gasteiger partial charge in [0.1, 0.15) is 5.82 Å². The van der Waals surface area contributed by atoms with E-state index in [0.29, 0.717) is 25.2 Å². The summed E-state index contributed by atoms with van der Waals surface area (Å²) in [5.41, 5.74) is 5.54. The molecule has 1 aromatic carbocycles. The molecule has 2 N–H and O–H groups in total. The van der Waals surface area contributed by atoms with Crippen molar-refractivity contribution in [2.45, 2.75) is 25.6 Å². The van der Waals surface area contributed by atoms with Crippen molar-refractivity contribution in [3.05, 3.63) is 35.6 Å². The molecule has 1 atom stereocenters. The minimum atomic E-state index is -0.439. The zero-order valence-corrected chi connectivity index (χ0v) is 11.2. The summed E-state index contributed by atoms with van der Waals surface area (Å²) in [4.78, 5) is 14.0. The first-order valence-corrected chi connectivity index (χ1v) is 6.34. The van der Waals surface area contributed by atoms with E-state index in [9.17, 15) is 9.18 Å². The smallest absolute Gasteiger partial charge is 0.254 e. The van der Waals surface area contributed by atoms with E-state index in [4.69, 9.17) is 10.5 Å². The Kier molecular flexibility index (Phi) is 3.87. The third-order valence-corrected chi connectivity index (χ3v) is 3.10. The maximum Gasteiger partial charge on any atom is 0.254 e. The van der Waals surface area contributed by atoms with E-state index in [1.54, 1.807) is 11.0 Å². The molecular weight excluding hydrogens is 247 g/mol. The molecule has 0 spiro atoms. The monoisotopic (exact) mass is 266 g/mol. The molecule has 1 heterocycles. The first-order chi connectivity index (χ1) is 8.91. The fourth-order valence-corrected chi connectivity index (χ4v) is 2.38. The Morgan fingerprint density at radius 2 is 2.32 bits per heavy atom. The Labute approximate surface area is 112 Å². The number of hydrogen-bond donors (Lipinski definition) is 1. The predicted molar refractivity (Wildman–Crippen MR) is 70.3 cm³/mol. The molecule has 1 amide bonds. The van der Waals surface area contributed by atoms with Crippen LogP contribution in [-0.4, -0.2) is 42.1 Å². The fourth-order valence-electron chi connectivity index (χ4n) is 2.38. The molecule has 0 aliphatic carbocycles. The molecule has 1 fully saturated rings. The zero-order chi connectivity index (χ0) is 14.0. The van der Waals surface area contributed by atoms with Crippen molar-refractivity contribution in [3.8, 4) is 0 Å². The summed E-state index contributed by atoms with van der Waals surface area (Å²) in [5, 5.41) is 0. The second kappa shape index (κ2) is 5.27. The molecule has 1 aromatic rings. The van der Waals surface area contributed by atoms with Gasteiger partial charge >= 0.3 is 0 Å². The number of rotatable bonds is 2.